The van der Waals surface area contributed by atoms with Gasteiger partial charge in [-0.2, -0.15) is 0 Å². The van der Waals surface area contributed by atoms with Crippen molar-refractivity contribution in [1.29, 1.82) is 0 Å². The van der Waals surface area contributed by atoms with E-state index < -0.39 is 0 Å². The number of hydrogen-bond donors (Lipinski definition) is 0. The summed E-state index contributed by atoms with van der Waals surface area (Å²) in [5.41, 5.74) is 3.83. The first-order valence-electron chi connectivity index (χ1n) is 6.41. The van der Waals surface area contributed by atoms with Crippen molar-refractivity contribution in [2.45, 2.75) is 40.0 Å². The molecule has 0 atom stereocenters. The van der Waals surface area contributed by atoms with Crippen LogP contribution in [0.4, 0.5) is 5.69 Å². The lowest BCUT2D eigenvalue weighted by atomic mass is 10.0. The van der Waals surface area contributed by atoms with E-state index in [0.717, 1.165) is 19.1 Å². The second-order valence-corrected chi connectivity index (χ2v) is 3.92. The Kier molecular flexibility index (Phi) is 8.12. The fourth-order valence-corrected chi connectivity index (χ4v) is 1.67. The number of benzene rings is 1. The van der Waals surface area contributed by atoms with Gasteiger partial charge in [-0.15, -0.1) is 0 Å². The fourth-order valence-electron chi connectivity index (χ4n) is 1.67. The van der Waals surface area contributed by atoms with Crippen LogP contribution < -0.4 is 4.90 Å². The maximum Gasteiger partial charge on any atom is 0.120 e. The molecule has 17 heavy (non-hydrogen) atoms. The molecule has 0 aliphatic heterocycles. The van der Waals surface area contributed by atoms with Crippen molar-refractivity contribution in [3.63, 3.8) is 0 Å². The number of anilines is 1. The number of aryl methyl sites for hydroxylation is 2. The molecule has 0 aliphatic carbocycles. The van der Waals surface area contributed by atoms with E-state index in [-0.39, 0.29) is 0 Å². The molecule has 1 aromatic carbocycles. The molecule has 1 aromatic rings. The standard InChI is InChI=1S/C13H19NO.C2H6/c1-4-11-7-8-12(6-5-9-15)13(10-11)14(2)3;1-2/h7-10H,4-6H2,1-3H3;1-2H3. The third kappa shape index (κ3) is 5.03. The van der Waals surface area contributed by atoms with Crippen molar-refractivity contribution in [2.75, 3.05) is 19.0 Å². The van der Waals surface area contributed by atoms with Crippen LogP contribution in [0.2, 0.25) is 0 Å². The van der Waals surface area contributed by atoms with Gasteiger partial charge in [-0.05, 0) is 30.0 Å². The van der Waals surface area contributed by atoms with Crippen LogP contribution in [-0.2, 0) is 17.6 Å². The molecule has 0 aliphatic rings. The van der Waals surface area contributed by atoms with Crippen molar-refractivity contribution in [3.8, 4) is 0 Å². The molecule has 0 saturated heterocycles. The van der Waals surface area contributed by atoms with E-state index in [1.54, 1.807) is 0 Å². The summed E-state index contributed by atoms with van der Waals surface area (Å²) in [6.07, 6.45) is 3.47. The molecule has 0 bridgehead atoms. The van der Waals surface area contributed by atoms with E-state index in [1.807, 2.05) is 27.9 Å². The second kappa shape index (κ2) is 8.80. The summed E-state index contributed by atoms with van der Waals surface area (Å²) < 4.78 is 0. The highest BCUT2D eigenvalue weighted by atomic mass is 16.1. The molecule has 0 radical (unpaired) electrons. The van der Waals surface area contributed by atoms with Gasteiger partial charge in [0.15, 0.2) is 0 Å². The van der Waals surface area contributed by atoms with Crippen molar-refractivity contribution >= 4 is 12.0 Å². The molecular weight excluding hydrogens is 210 g/mol. The van der Waals surface area contributed by atoms with Crippen LogP contribution in [0.5, 0.6) is 0 Å². The highest BCUT2D eigenvalue weighted by Crippen LogP contribution is 2.22. The summed E-state index contributed by atoms with van der Waals surface area (Å²) in [5.74, 6) is 0. The lowest BCUT2D eigenvalue weighted by Gasteiger charge is -2.18. The number of hydrogen-bond acceptors (Lipinski definition) is 2. The first kappa shape index (κ1) is 15.7. The molecule has 0 fully saturated rings. The largest absolute Gasteiger partial charge is 0.377 e. The Morgan fingerprint density at radius 3 is 2.35 bits per heavy atom. The Balaban J connectivity index is 0.00000121. The molecule has 96 valence electrons. The number of carbonyl (C=O) groups excluding carboxylic acids is 1. The summed E-state index contributed by atoms with van der Waals surface area (Å²) >= 11 is 0. The first-order valence-corrected chi connectivity index (χ1v) is 6.41. The predicted molar refractivity (Wildman–Crippen MR) is 75.9 cm³/mol. The van der Waals surface area contributed by atoms with E-state index in [1.165, 1.54) is 16.8 Å². The Morgan fingerprint density at radius 2 is 1.88 bits per heavy atom. The zero-order valence-corrected chi connectivity index (χ0v) is 11.8. The highest BCUT2D eigenvalue weighted by Gasteiger charge is 2.05. The SMILES string of the molecule is CC.CCc1ccc(CCC=O)c(N(C)C)c1. The molecule has 0 aromatic heterocycles. The molecule has 0 spiro atoms. The first-order chi connectivity index (χ1) is 8.19. The van der Waals surface area contributed by atoms with Gasteiger partial charge in [-0.25, -0.2) is 0 Å². The van der Waals surface area contributed by atoms with E-state index in [4.69, 9.17) is 0 Å². The molecular formula is C15H25NO. The Labute approximate surface area is 106 Å². The Morgan fingerprint density at radius 1 is 1.24 bits per heavy atom. The van der Waals surface area contributed by atoms with E-state index >= 15 is 0 Å². The van der Waals surface area contributed by atoms with Crippen molar-refractivity contribution in [3.05, 3.63) is 29.3 Å². The summed E-state index contributed by atoms with van der Waals surface area (Å²) in [6.45, 7) is 6.15. The topological polar surface area (TPSA) is 20.3 Å². The fraction of sp³-hybridized carbons (Fsp3) is 0.533. The highest BCUT2D eigenvalue weighted by molar-refractivity contribution is 5.57. The van der Waals surface area contributed by atoms with E-state index in [0.29, 0.717) is 6.42 Å². The number of carbonyl (C=O) groups is 1. The molecule has 0 saturated carbocycles. The smallest absolute Gasteiger partial charge is 0.120 e. The molecule has 1 rings (SSSR count). The maximum absolute atomic E-state index is 10.4. The average molecular weight is 235 g/mol. The van der Waals surface area contributed by atoms with Gasteiger partial charge >= 0.3 is 0 Å². The Bertz CT molecular complexity index is 332. The van der Waals surface area contributed by atoms with Gasteiger partial charge in [-0.3, -0.25) is 0 Å². The van der Waals surface area contributed by atoms with Crippen molar-refractivity contribution in [2.24, 2.45) is 0 Å². The normalized spacial score (nSPS) is 9.24. The van der Waals surface area contributed by atoms with E-state index in [2.05, 4.69) is 30.0 Å². The lowest BCUT2D eigenvalue weighted by molar-refractivity contribution is -0.107. The van der Waals surface area contributed by atoms with Crippen LogP contribution in [0.3, 0.4) is 0 Å². The molecule has 2 heteroatoms. The monoisotopic (exact) mass is 235 g/mol. The van der Waals surface area contributed by atoms with Crippen LogP contribution in [0.1, 0.15) is 38.3 Å². The van der Waals surface area contributed by atoms with Gasteiger partial charge in [0.1, 0.15) is 6.29 Å². The average Bonchev–Trinajstić information content (AvgIpc) is 2.38. The van der Waals surface area contributed by atoms with Crippen molar-refractivity contribution in [1.82, 2.24) is 0 Å². The third-order valence-corrected chi connectivity index (χ3v) is 2.57. The minimum atomic E-state index is 0.603. The molecule has 0 amide bonds. The van der Waals surface area contributed by atoms with E-state index in [9.17, 15) is 4.79 Å². The van der Waals surface area contributed by atoms with Gasteiger partial charge in [0.05, 0.1) is 0 Å². The van der Waals surface area contributed by atoms with Crippen LogP contribution in [0, 0.1) is 0 Å². The number of aldehydes is 1. The lowest BCUT2D eigenvalue weighted by Crippen LogP contribution is -2.12. The van der Waals surface area contributed by atoms with Crippen LogP contribution in [0.15, 0.2) is 18.2 Å². The number of rotatable bonds is 5. The van der Waals surface area contributed by atoms with Gasteiger partial charge in [0.2, 0.25) is 0 Å². The van der Waals surface area contributed by atoms with Gasteiger partial charge < -0.3 is 9.69 Å². The minimum Gasteiger partial charge on any atom is -0.377 e. The summed E-state index contributed by atoms with van der Waals surface area (Å²) in [7, 11) is 4.08. The van der Waals surface area contributed by atoms with Crippen molar-refractivity contribution < 1.29 is 4.79 Å². The van der Waals surface area contributed by atoms with Crippen LogP contribution in [-0.4, -0.2) is 20.4 Å². The third-order valence-electron chi connectivity index (χ3n) is 2.57. The zero-order valence-electron chi connectivity index (χ0n) is 11.8. The molecule has 0 heterocycles. The second-order valence-electron chi connectivity index (χ2n) is 3.92. The summed E-state index contributed by atoms with van der Waals surface area (Å²) in [5, 5.41) is 0. The van der Waals surface area contributed by atoms with Gasteiger partial charge in [0.25, 0.3) is 0 Å². The van der Waals surface area contributed by atoms with Crippen LogP contribution in [0.25, 0.3) is 0 Å². The van der Waals surface area contributed by atoms with Gasteiger partial charge in [0, 0.05) is 26.2 Å². The Hall–Kier alpha value is -1.31. The molecule has 0 N–H and O–H groups in total. The molecule has 2 nitrogen and oxygen atoms in total. The number of nitrogens with zero attached hydrogens (tertiary/aromatic N) is 1. The van der Waals surface area contributed by atoms with Gasteiger partial charge in [-0.1, -0.05) is 32.9 Å². The van der Waals surface area contributed by atoms with Crippen LogP contribution >= 0.6 is 0 Å². The summed E-state index contributed by atoms with van der Waals surface area (Å²) in [6, 6.07) is 6.49. The quantitative estimate of drug-likeness (QED) is 0.728. The zero-order chi connectivity index (χ0) is 13.3. The minimum absolute atomic E-state index is 0.603. The predicted octanol–water partition coefficient (Wildman–Crippen LogP) is 3.47. The molecule has 0 unspecified atom stereocenters. The summed E-state index contributed by atoms with van der Waals surface area (Å²) in [4.78, 5) is 12.5. The maximum atomic E-state index is 10.4.